The Kier molecular flexibility index (Phi) is 3.25. The van der Waals surface area contributed by atoms with Gasteiger partial charge in [-0.15, -0.1) is 0 Å². The van der Waals surface area contributed by atoms with Crippen LogP contribution in [0.25, 0.3) is 0 Å². The van der Waals surface area contributed by atoms with E-state index in [-0.39, 0.29) is 5.84 Å². The van der Waals surface area contributed by atoms with Gasteiger partial charge in [-0.05, 0) is 54.7 Å². The van der Waals surface area contributed by atoms with Crippen LogP contribution in [0.1, 0.15) is 23.1 Å². The number of hydrogen-bond acceptors (Lipinski definition) is 3. The highest BCUT2D eigenvalue weighted by Gasteiger charge is 2.11. The minimum absolute atomic E-state index is 0.0570. The lowest BCUT2D eigenvalue weighted by Crippen LogP contribution is -2.10. The van der Waals surface area contributed by atoms with Gasteiger partial charge in [-0.2, -0.15) is 0 Å². The molecule has 0 unspecified atom stereocenters. The van der Waals surface area contributed by atoms with Gasteiger partial charge in [-0.25, -0.2) is 4.98 Å². The fourth-order valence-electron chi connectivity index (χ4n) is 2.33. The van der Waals surface area contributed by atoms with Gasteiger partial charge < -0.3 is 5.73 Å². The smallest absolute Gasteiger partial charge is 0.124 e. The van der Waals surface area contributed by atoms with Gasteiger partial charge in [0.05, 0.1) is 0 Å². The Morgan fingerprint density at radius 2 is 2.00 bits per heavy atom. The Balaban J connectivity index is 1.79. The highest BCUT2D eigenvalue weighted by Crippen LogP contribution is 2.31. The normalized spacial score (nSPS) is 13.3. The largest absolute Gasteiger partial charge is 0.384 e. The number of nitrogens with two attached hydrogens (primary N) is 1. The molecule has 1 aliphatic carbocycles. The number of amidine groups is 1. The van der Waals surface area contributed by atoms with Gasteiger partial charge in [0.25, 0.3) is 0 Å². The highest BCUT2D eigenvalue weighted by atomic mass is 32.2. The predicted molar refractivity (Wildman–Crippen MR) is 77.8 cm³/mol. The van der Waals surface area contributed by atoms with Crippen LogP contribution in [0.15, 0.2) is 46.5 Å². The Morgan fingerprint density at radius 1 is 1.16 bits per heavy atom. The third-order valence-corrected chi connectivity index (χ3v) is 4.28. The lowest BCUT2D eigenvalue weighted by molar-refractivity contribution is 0.911. The molecular formula is C15H15N3S. The van der Waals surface area contributed by atoms with E-state index in [9.17, 15) is 0 Å². The molecule has 1 heterocycles. The van der Waals surface area contributed by atoms with E-state index >= 15 is 0 Å². The second-order valence-corrected chi connectivity index (χ2v) is 5.78. The van der Waals surface area contributed by atoms with E-state index in [2.05, 4.69) is 23.2 Å². The quantitative estimate of drug-likeness (QED) is 0.665. The molecule has 0 saturated heterocycles. The standard InChI is InChI=1S/C15H15N3S/c16-15(17)12-5-7-14(18-9-12)19-13-6-4-10-2-1-3-11(10)8-13/h4-9H,1-3H2,(H3,16,17). The Hall–Kier alpha value is -1.81. The van der Waals surface area contributed by atoms with Crippen LogP contribution < -0.4 is 5.73 Å². The van der Waals surface area contributed by atoms with Gasteiger partial charge in [-0.1, -0.05) is 17.8 Å². The van der Waals surface area contributed by atoms with Crippen molar-refractivity contribution in [3.8, 4) is 0 Å². The van der Waals surface area contributed by atoms with E-state index in [0.717, 1.165) is 5.03 Å². The molecule has 0 radical (unpaired) electrons. The second kappa shape index (κ2) is 5.05. The molecule has 19 heavy (non-hydrogen) atoms. The van der Waals surface area contributed by atoms with Crippen LogP contribution in [0.4, 0.5) is 0 Å². The summed E-state index contributed by atoms with van der Waals surface area (Å²) in [5, 5.41) is 8.27. The van der Waals surface area contributed by atoms with E-state index in [1.54, 1.807) is 18.0 Å². The molecule has 0 aliphatic heterocycles. The zero-order valence-corrected chi connectivity index (χ0v) is 11.3. The number of nitrogens with zero attached hydrogens (tertiary/aromatic N) is 1. The number of fused-ring (bicyclic) bond motifs is 1. The minimum Gasteiger partial charge on any atom is -0.384 e. The van der Waals surface area contributed by atoms with Crippen molar-refractivity contribution >= 4 is 17.6 Å². The van der Waals surface area contributed by atoms with Crippen molar-refractivity contribution in [2.24, 2.45) is 5.73 Å². The van der Waals surface area contributed by atoms with Crippen LogP contribution in [-0.4, -0.2) is 10.8 Å². The molecular weight excluding hydrogens is 254 g/mol. The number of pyridine rings is 1. The third-order valence-electron chi connectivity index (χ3n) is 3.34. The van der Waals surface area contributed by atoms with Crippen molar-refractivity contribution < 1.29 is 0 Å². The molecule has 1 aliphatic rings. The zero-order valence-electron chi connectivity index (χ0n) is 10.5. The predicted octanol–water partition coefficient (Wildman–Crippen LogP) is 3.01. The maximum Gasteiger partial charge on any atom is 0.124 e. The van der Waals surface area contributed by atoms with Gasteiger partial charge in [0.1, 0.15) is 10.9 Å². The van der Waals surface area contributed by atoms with Gasteiger partial charge in [-0.3, -0.25) is 5.41 Å². The van der Waals surface area contributed by atoms with E-state index in [1.807, 2.05) is 12.1 Å². The summed E-state index contributed by atoms with van der Waals surface area (Å²) in [6, 6.07) is 10.4. The Bertz CT molecular complexity index is 620. The highest BCUT2D eigenvalue weighted by molar-refractivity contribution is 7.99. The molecule has 1 aromatic carbocycles. The van der Waals surface area contributed by atoms with Crippen molar-refractivity contribution in [2.45, 2.75) is 29.2 Å². The molecule has 0 saturated carbocycles. The maximum absolute atomic E-state index is 7.34. The fraction of sp³-hybridized carbons (Fsp3) is 0.200. The van der Waals surface area contributed by atoms with Crippen LogP contribution in [0.2, 0.25) is 0 Å². The maximum atomic E-state index is 7.34. The van der Waals surface area contributed by atoms with Crippen LogP contribution in [-0.2, 0) is 12.8 Å². The van der Waals surface area contributed by atoms with Gasteiger partial charge in [0, 0.05) is 16.7 Å². The van der Waals surface area contributed by atoms with Crippen molar-refractivity contribution in [2.75, 3.05) is 0 Å². The number of aryl methyl sites for hydroxylation is 2. The van der Waals surface area contributed by atoms with Crippen LogP contribution in [0, 0.1) is 5.41 Å². The molecule has 3 N–H and O–H groups in total. The van der Waals surface area contributed by atoms with Crippen molar-refractivity contribution in [1.29, 1.82) is 5.41 Å². The van der Waals surface area contributed by atoms with E-state index in [4.69, 9.17) is 11.1 Å². The molecule has 0 atom stereocenters. The molecule has 4 heteroatoms. The number of hydrogen-bond donors (Lipinski definition) is 2. The number of aromatic nitrogens is 1. The number of nitrogens with one attached hydrogen (secondary N) is 1. The number of rotatable bonds is 3. The summed E-state index contributed by atoms with van der Waals surface area (Å²) in [5.41, 5.74) is 9.05. The van der Waals surface area contributed by atoms with Crippen LogP contribution in [0.5, 0.6) is 0 Å². The average Bonchev–Trinajstić information content (AvgIpc) is 2.87. The number of benzene rings is 1. The molecule has 0 spiro atoms. The summed E-state index contributed by atoms with van der Waals surface area (Å²) in [6.07, 6.45) is 5.33. The molecule has 0 amide bonds. The third kappa shape index (κ3) is 2.63. The average molecular weight is 269 g/mol. The first-order valence-electron chi connectivity index (χ1n) is 6.32. The summed E-state index contributed by atoms with van der Waals surface area (Å²) < 4.78 is 0. The SMILES string of the molecule is N=C(N)c1ccc(Sc2ccc3c(c2)CCC3)nc1. The van der Waals surface area contributed by atoms with Crippen molar-refractivity contribution in [1.82, 2.24) is 4.98 Å². The second-order valence-electron chi connectivity index (χ2n) is 4.68. The van der Waals surface area contributed by atoms with Gasteiger partial charge in [0.15, 0.2) is 0 Å². The van der Waals surface area contributed by atoms with E-state index in [1.165, 1.54) is 35.3 Å². The monoisotopic (exact) mass is 269 g/mol. The van der Waals surface area contributed by atoms with Crippen molar-refractivity contribution in [3.05, 3.63) is 53.2 Å². The van der Waals surface area contributed by atoms with E-state index in [0.29, 0.717) is 5.56 Å². The molecule has 2 aromatic rings. The first kappa shape index (κ1) is 12.2. The van der Waals surface area contributed by atoms with Crippen molar-refractivity contribution in [3.63, 3.8) is 0 Å². The summed E-state index contributed by atoms with van der Waals surface area (Å²) in [6.45, 7) is 0. The first-order chi connectivity index (χ1) is 9.22. The Morgan fingerprint density at radius 3 is 2.74 bits per heavy atom. The molecule has 3 rings (SSSR count). The molecule has 1 aromatic heterocycles. The summed E-state index contributed by atoms with van der Waals surface area (Å²) >= 11 is 1.65. The number of nitrogen functional groups attached to an aromatic ring is 1. The Labute approximate surface area is 116 Å². The van der Waals surface area contributed by atoms with Gasteiger partial charge >= 0.3 is 0 Å². The lowest BCUT2D eigenvalue weighted by atomic mass is 10.1. The molecule has 3 nitrogen and oxygen atoms in total. The minimum atomic E-state index is 0.0570. The summed E-state index contributed by atoms with van der Waals surface area (Å²) in [5.74, 6) is 0.0570. The van der Waals surface area contributed by atoms with E-state index < -0.39 is 0 Å². The van der Waals surface area contributed by atoms with Crippen LogP contribution in [0.3, 0.4) is 0 Å². The van der Waals surface area contributed by atoms with Gasteiger partial charge in [0.2, 0.25) is 0 Å². The zero-order chi connectivity index (χ0) is 13.2. The lowest BCUT2D eigenvalue weighted by Gasteiger charge is -2.05. The molecule has 0 fully saturated rings. The fourth-order valence-corrected chi connectivity index (χ4v) is 3.15. The summed E-state index contributed by atoms with van der Waals surface area (Å²) in [7, 11) is 0. The van der Waals surface area contributed by atoms with Crippen LogP contribution >= 0.6 is 11.8 Å². The topological polar surface area (TPSA) is 62.8 Å². The summed E-state index contributed by atoms with van der Waals surface area (Å²) in [4.78, 5) is 5.56. The molecule has 96 valence electrons. The first-order valence-corrected chi connectivity index (χ1v) is 7.14. The molecule has 0 bridgehead atoms.